The number of hydrogen-bond donors (Lipinski definition) is 0. The Labute approximate surface area is 349 Å². The number of carboxylic acid groups (broad SMARTS) is 1. The van der Waals surface area contributed by atoms with Gasteiger partial charge < -0.3 is 28.6 Å². The SMILES string of the molecule is CC/C=C/C/C=C/C/C=C/C/C=C/C/C=C/CCC(=O)OC(COCCC(C(=O)[O-])[N+](C)(C)C)COC(=O)CCCCCCCCCCCCCCCCCCC. The first-order valence-corrected chi connectivity index (χ1v) is 22.8. The Balaban J connectivity index is 4.41. The van der Waals surface area contributed by atoms with Crippen LogP contribution in [0.15, 0.2) is 60.8 Å². The Morgan fingerprint density at radius 3 is 1.42 bits per heavy atom. The van der Waals surface area contributed by atoms with Gasteiger partial charge in [-0.2, -0.15) is 0 Å². The maximum atomic E-state index is 12.7. The van der Waals surface area contributed by atoms with E-state index in [2.05, 4.69) is 62.5 Å². The molecule has 0 saturated heterocycles. The average molecular weight is 800 g/mol. The van der Waals surface area contributed by atoms with Crippen LogP contribution < -0.4 is 5.11 Å². The molecule has 57 heavy (non-hydrogen) atoms. The first-order chi connectivity index (χ1) is 27.6. The van der Waals surface area contributed by atoms with Gasteiger partial charge in [-0.1, -0.05) is 177 Å². The van der Waals surface area contributed by atoms with Crippen molar-refractivity contribution in [3.8, 4) is 0 Å². The summed E-state index contributed by atoms with van der Waals surface area (Å²) in [7, 11) is 5.38. The smallest absolute Gasteiger partial charge is 0.306 e. The molecule has 0 N–H and O–H groups in total. The van der Waals surface area contributed by atoms with Gasteiger partial charge in [0.2, 0.25) is 0 Å². The summed E-state index contributed by atoms with van der Waals surface area (Å²) in [6, 6.07) is -0.739. The van der Waals surface area contributed by atoms with Crippen LogP contribution in [0.1, 0.15) is 181 Å². The van der Waals surface area contributed by atoms with Gasteiger partial charge in [-0.3, -0.25) is 9.59 Å². The highest BCUT2D eigenvalue weighted by Gasteiger charge is 2.25. The lowest BCUT2D eigenvalue weighted by molar-refractivity contribution is -0.889. The first-order valence-electron chi connectivity index (χ1n) is 22.8. The van der Waals surface area contributed by atoms with E-state index in [1.54, 1.807) is 21.1 Å². The van der Waals surface area contributed by atoms with Crippen LogP contribution in [-0.4, -0.2) is 75.5 Å². The monoisotopic (exact) mass is 800 g/mol. The van der Waals surface area contributed by atoms with Crippen molar-refractivity contribution >= 4 is 17.9 Å². The number of carbonyl (C=O) groups excluding carboxylic acids is 3. The van der Waals surface area contributed by atoms with Gasteiger partial charge in [0.05, 0.1) is 40.3 Å². The zero-order valence-electron chi connectivity index (χ0n) is 37.2. The number of allylic oxidation sites excluding steroid dienone is 10. The fourth-order valence-electron chi connectivity index (χ4n) is 6.41. The molecule has 0 aromatic heterocycles. The summed E-state index contributed by atoms with van der Waals surface area (Å²) >= 11 is 0. The molecule has 0 aromatic rings. The Bertz CT molecular complexity index is 1120. The van der Waals surface area contributed by atoms with Crippen LogP contribution in [0.25, 0.3) is 0 Å². The molecular formula is C49H85NO7. The molecule has 0 aliphatic carbocycles. The van der Waals surface area contributed by atoms with Gasteiger partial charge in [0.15, 0.2) is 6.10 Å². The number of unbranched alkanes of at least 4 members (excludes halogenated alkanes) is 16. The second-order valence-electron chi connectivity index (χ2n) is 16.3. The third-order valence-corrected chi connectivity index (χ3v) is 9.93. The molecule has 8 nitrogen and oxygen atoms in total. The standard InChI is InChI=1S/C49H85NO7/c1-6-8-10-12-14-16-18-20-22-24-26-27-29-31-33-35-37-39-47(51)56-44-45(43-55-42-41-46(49(53)54)50(3,4)5)57-48(52)40-38-36-34-32-30-28-25-23-21-19-17-15-13-11-9-7-2/h9,11,15,17,21,23,28,30,34,36,45-46H,6-8,10,12-14,16,18-20,22,24-27,29,31-33,35,37-44H2,1-5H3/b11-9+,17-15+,23-21+,30-28+,36-34+. The Hall–Kier alpha value is -2.97. The van der Waals surface area contributed by atoms with Crippen LogP contribution in [-0.2, 0) is 28.6 Å². The summed E-state index contributed by atoms with van der Waals surface area (Å²) in [6.45, 7) is 4.47. The van der Waals surface area contributed by atoms with E-state index in [9.17, 15) is 19.5 Å². The molecule has 0 aromatic carbocycles. The quantitative estimate of drug-likeness (QED) is 0.0263. The van der Waals surface area contributed by atoms with E-state index in [0.717, 1.165) is 51.4 Å². The number of likely N-dealkylation sites (N-methyl/N-ethyl adjacent to an activating group) is 1. The minimum Gasteiger partial charge on any atom is -0.544 e. The number of carboxylic acids is 1. The van der Waals surface area contributed by atoms with Crippen molar-refractivity contribution in [2.75, 3.05) is 41.0 Å². The zero-order valence-corrected chi connectivity index (χ0v) is 37.2. The summed E-state index contributed by atoms with van der Waals surface area (Å²) < 4.78 is 17.1. The molecule has 0 fully saturated rings. The second kappa shape index (κ2) is 39.8. The van der Waals surface area contributed by atoms with E-state index in [1.807, 2.05) is 12.2 Å². The number of quaternary nitrogens is 1. The Morgan fingerprint density at radius 2 is 0.982 bits per heavy atom. The fourth-order valence-corrected chi connectivity index (χ4v) is 6.41. The average Bonchev–Trinajstić information content (AvgIpc) is 3.17. The van der Waals surface area contributed by atoms with E-state index < -0.39 is 24.1 Å². The molecule has 0 heterocycles. The number of rotatable bonds is 40. The lowest BCUT2D eigenvalue weighted by atomic mass is 10.0. The molecule has 0 aliphatic rings. The van der Waals surface area contributed by atoms with Gasteiger partial charge in [0, 0.05) is 19.3 Å². The summed E-state index contributed by atoms with van der Waals surface area (Å²) in [5.41, 5.74) is 0. The first kappa shape index (κ1) is 54.0. The maximum Gasteiger partial charge on any atom is 0.306 e. The Morgan fingerprint density at radius 1 is 0.544 bits per heavy atom. The van der Waals surface area contributed by atoms with Gasteiger partial charge in [-0.05, 0) is 44.9 Å². The predicted octanol–water partition coefficient (Wildman–Crippen LogP) is 11.2. The molecule has 0 radical (unpaired) electrons. The molecule has 2 unspecified atom stereocenters. The minimum atomic E-state index is -1.14. The molecule has 0 saturated carbocycles. The summed E-state index contributed by atoms with van der Waals surface area (Å²) in [5.74, 6) is -1.84. The normalized spacial score (nSPS) is 13.5. The molecule has 328 valence electrons. The van der Waals surface area contributed by atoms with Crippen LogP contribution in [0.5, 0.6) is 0 Å². The van der Waals surface area contributed by atoms with Crippen LogP contribution in [0.4, 0.5) is 0 Å². The molecule has 2 atom stereocenters. The van der Waals surface area contributed by atoms with E-state index in [0.29, 0.717) is 12.8 Å². The van der Waals surface area contributed by atoms with Crippen molar-refractivity contribution in [1.29, 1.82) is 0 Å². The highest BCUT2D eigenvalue weighted by atomic mass is 16.6. The summed E-state index contributed by atoms with van der Waals surface area (Å²) in [5, 5.41) is 11.6. The van der Waals surface area contributed by atoms with Crippen molar-refractivity contribution in [3.63, 3.8) is 0 Å². The topological polar surface area (TPSA) is 102 Å². The minimum absolute atomic E-state index is 0.0106. The van der Waals surface area contributed by atoms with E-state index >= 15 is 0 Å². The Kier molecular flexibility index (Phi) is 37.8. The van der Waals surface area contributed by atoms with Crippen LogP contribution >= 0.6 is 0 Å². The number of esters is 2. The van der Waals surface area contributed by atoms with E-state index in [-0.39, 0.29) is 43.1 Å². The summed E-state index contributed by atoms with van der Waals surface area (Å²) in [4.78, 5) is 36.8. The van der Waals surface area contributed by atoms with E-state index in [1.165, 1.54) is 89.9 Å². The lowest BCUT2D eigenvalue weighted by Crippen LogP contribution is -2.55. The third kappa shape index (κ3) is 38.3. The maximum absolute atomic E-state index is 12.7. The number of aliphatic carboxylic acids is 1. The number of nitrogens with zero attached hydrogens (tertiary/aromatic N) is 1. The van der Waals surface area contributed by atoms with Crippen LogP contribution in [0, 0.1) is 0 Å². The highest BCUT2D eigenvalue weighted by molar-refractivity contribution is 5.70. The third-order valence-electron chi connectivity index (χ3n) is 9.93. The van der Waals surface area contributed by atoms with Crippen molar-refractivity contribution in [2.45, 2.75) is 193 Å². The molecule has 0 aliphatic heterocycles. The molecule has 0 rings (SSSR count). The largest absolute Gasteiger partial charge is 0.544 e. The van der Waals surface area contributed by atoms with Gasteiger partial charge >= 0.3 is 11.9 Å². The lowest BCUT2D eigenvalue weighted by Gasteiger charge is -2.34. The van der Waals surface area contributed by atoms with Gasteiger partial charge in [0.1, 0.15) is 12.6 Å². The molecule has 8 heteroatoms. The van der Waals surface area contributed by atoms with Gasteiger partial charge in [0.25, 0.3) is 0 Å². The van der Waals surface area contributed by atoms with Crippen molar-refractivity contribution in [2.24, 2.45) is 0 Å². The second-order valence-corrected chi connectivity index (χ2v) is 16.3. The predicted molar refractivity (Wildman–Crippen MR) is 236 cm³/mol. The van der Waals surface area contributed by atoms with Crippen LogP contribution in [0.2, 0.25) is 0 Å². The van der Waals surface area contributed by atoms with Crippen molar-refractivity contribution < 1.29 is 38.2 Å². The summed E-state index contributed by atoms with van der Waals surface area (Å²) in [6.07, 6.45) is 48.3. The van der Waals surface area contributed by atoms with Gasteiger partial charge in [-0.25, -0.2) is 0 Å². The highest BCUT2D eigenvalue weighted by Crippen LogP contribution is 2.15. The molecular weight excluding hydrogens is 715 g/mol. The number of ether oxygens (including phenoxy) is 3. The molecule has 0 amide bonds. The molecule has 0 bridgehead atoms. The van der Waals surface area contributed by atoms with E-state index in [4.69, 9.17) is 14.2 Å². The van der Waals surface area contributed by atoms with Crippen LogP contribution in [0.3, 0.4) is 0 Å². The van der Waals surface area contributed by atoms with Crippen molar-refractivity contribution in [1.82, 2.24) is 0 Å². The number of carbonyl (C=O) groups is 3. The van der Waals surface area contributed by atoms with Gasteiger partial charge in [-0.15, -0.1) is 0 Å². The van der Waals surface area contributed by atoms with Crippen molar-refractivity contribution in [3.05, 3.63) is 60.8 Å². The molecule has 0 spiro atoms. The number of hydrogen-bond acceptors (Lipinski definition) is 7. The fraction of sp³-hybridized carbons (Fsp3) is 0.735. The zero-order chi connectivity index (χ0) is 42.1.